The zero-order chi connectivity index (χ0) is 20.8. The predicted molar refractivity (Wildman–Crippen MR) is 95.7 cm³/mol. The normalized spacial score (nSPS) is 14.4. The molecular weight excluding hydrogens is 392 g/mol. The SMILES string of the molecule is O=C(CN1CCOc2nc([N+](=O)[O-])cn2CC1)NCc1ccc(OC(F)F)cc1. The molecule has 0 atom stereocenters. The standard InChI is InChI=1S/C17H19F2N5O5/c18-16(19)29-13-3-1-12(2-4-13)9-20-15(25)11-22-5-6-23-10-14(24(26)27)21-17(23)28-8-7-22/h1-4,10,16H,5-9,11H2,(H,20,25). The molecule has 1 aromatic carbocycles. The fraction of sp³-hybridized carbons (Fsp3) is 0.412. The van der Waals surface area contributed by atoms with Crippen molar-refractivity contribution in [2.75, 3.05) is 26.2 Å². The number of nitrogens with one attached hydrogen (secondary N) is 1. The molecule has 3 rings (SSSR count). The number of ether oxygens (including phenoxy) is 2. The Hall–Kier alpha value is -3.28. The summed E-state index contributed by atoms with van der Waals surface area (Å²) >= 11 is 0. The van der Waals surface area contributed by atoms with Gasteiger partial charge in [0.1, 0.15) is 18.6 Å². The molecule has 0 spiro atoms. The van der Waals surface area contributed by atoms with Crippen LogP contribution in [-0.2, 0) is 17.9 Å². The first-order chi connectivity index (χ1) is 13.9. The number of benzene rings is 1. The number of alkyl halides is 2. The second kappa shape index (κ2) is 9.28. The molecule has 1 N–H and O–H groups in total. The number of carbonyl (C=O) groups excluding carboxylic acids is 1. The number of nitrogens with zero attached hydrogens (tertiary/aromatic N) is 4. The first-order valence-corrected chi connectivity index (χ1v) is 8.78. The minimum absolute atomic E-state index is 0.0508. The molecule has 0 radical (unpaired) electrons. The van der Waals surface area contributed by atoms with Gasteiger partial charge in [-0.2, -0.15) is 8.78 Å². The van der Waals surface area contributed by atoms with Gasteiger partial charge >= 0.3 is 18.4 Å². The topological polar surface area (TPSA) is 112 Å². The maximum atomic E-state index is 12.2. The molecule has 0 saturated heterocycles. The Morgan fingerprint density at radius 2 is 2.07 bits per heavy atom. The van der Waals surface area contributed by atoms with E-state index in [1.807, 2.05) is 4.90 Å². The van der Waals surface area contributed by atoms with Crippen molar-refractivity contribution in [3.63, 3.8) is 0 Å². The number of aromatic nitrogens is 2. The molecule has 0 unspecified atom stereocenters. The van der Waals surface area contributed by atoms with Crippen molar-refractivity contribution in [3.05, 3.63) is 46.1 Å². The van der Waals surface area contributed by atoms with E-state index in [2.05, 4.69) is 15.0 Å². The molecule has 0 fully saturated rings. The van der Waals surface area contributed by atoms with Crippen LogP contribution in [0.25, 0.3) is 0 Å². The summed E-state index contributed by atoms with van der Waals surface area (Å²) in [6, 6.07) is 6.20. The van der Waals surface area contributed by atoms with Crippen LogP contribution in [0.5, 0.6) is 11.8 Å². The highest BCUT2D eigenvalue weighted by atomic mass is 19.3. The number of carbonyl (C=O) groups is 1. The molecule has 10 nitrogen and oxygen atoms in total. The number of rotatable bonds is 7. The van der Waals surface area contributed by atoms with E-state index >= 15 is 0 Å². The van der Waals surface area contributed by atoms with Gasteiger partial charge in [0.15, 0.2) is 0 Å². The highest BCUT2D eigenvalue weighted by Gasteiger charge is 2.23. The molecule has 1 aromatic heterocycles. The second-order valence-corrected chi connectivity index (χ2v) is 6.26. The first-order valence-electron chi connectivity index (χ1n) is 8.78. The number of halogens is 2. The minimum atomic E-state index is -2.88. The lowest BCUT2D eigenvalue weighted by Gasteiger charge is -2.23. The third-order valence-corrected chi connectivity index (χ3v) is 4.22. The van der Waals surface area contributed by atoms with Crippen molar-refractivity contribution in [1.29, 1.82) is 0 Å². The molecule has 0 saturated carbocycles. The van der Waals surface area contributed by atoms with Gasteiger partial charge in [-0.25, -0.2) is 0 Å². The van der Waals surface area contributed by atoms with Gasteiger partial charge < -0.3 is 24.9 Å². The fourth-order valence-corrected chi connectivity index (χ4v) is 2.78. The summed E-state index contributed by atoms with van der Waals surface area (Å²) in [6.07, 6.45) is 1.31. The average Bonchev–Trinajstić information content (AvgIpc) is 3.06. The minimum Gasteiger partial charge on any atom is -0.444 e. The maximum absolute atomic E-state index is 12.2. The van der Waals surface area contributed by atoms with E-state index in [0.29, 0.717) is 19.6 Å². The third kappa shape index (κ3) is 5.85. The van der Waals surface area contributed by atoms with Gasteiger partial charge in [0.2, 0.25) is 5.91 Å². The lowest BCUT2D eigenvalue weighted by molar-refractivity contribution is -0.389. The van der Waals surface area contributed by atoms with Crippen LogP contribution in [0, 0.1) is 10.1 Å². The molecule has 0 bridgehead atoms. The van der Waals surface area contributed by atoms with Crippen molar-refractivity contribution in [2.24, 2.45) is 0 Å². The molecule has 2 aromatic rings. The Kier molecular flexibility index (Phi) is 6.54. The van der Waals surface area contributed by atoms with Crippen LogP contribution >= 0.6 is 0 Å². The molecule has 12 heteroatoms. The van der Waals surface area contributed by atoms with Crippen LogP contribution in [0.15, 0.2) is 30.5 Å². The summed E-state index contributed by atoms with van der Waals surface area (Å²) < 4.78 is 35.6. The largest absolute Gasteiger partial charge is 0.444 e. The van der Waals surface area contributed by atoms with Gasteiger partial charge in [0, 0.05) is 31.2 Å². The van der Waals surface area contributed by atoms with Gasteiger partial charge in [-0.05, 0) is 22.6 Å². The highest BCUT2D eigenvalue weighted by Crippen LogP contribution is 2.19. The second-order valence-electron chi connectivity index (χ2n) is 6.26. The van der Waals surface area contributed by atoms with E-state index in [1.54, 1.807) is 16.7 Å². The Labute approximate surface area is 164 Å². The fourth-order valence-electron chi connectivity index (χ4n) is 2.78. The Balaban J connectivity index is 1.47. The Morgan fingerprint density at radius 3 is 2.76 bits per heavy atom. The predicted octanol–water partition coefficient (Wildman–Crippen LogP) is 1.40. The molecule has 2 heterocycles. The van der Waals surface area contributed by atoms with E-state index in [0.717, 1.165) is 5.56 Å². The smallest absolute Gasteiger partial charge is 0.414 e. The summed E-state index contributed by atoms with van der Waals surface area (Å²) in [6.45, 7) is -0.905. The summed E-state index contributed by atoms with van der Waals surface area (Å²) in [5.74, 6) is -0.443. The van der Waals surface area contributed by atoms with Crippen molar-refractivity contribution in [2.45, 2.75) is 19.7 Å². The van der Waals surface area contributed by atoms with Gasteiger partial charge in [-0.3, -0.25) is 14.3 Å². The third-order valence-electron chi connectivity index (χ3n) is 4.22. The number of hydrogen-bond donors (Lipinski definition) is 1. The lowest BCUT2D eigenvalue weighted by Crippen LogP contribution is -2.41. The van der Waals surface area contributed by atoms with Gasteiger partial charge in [0.25, 0.3) is 0 Å². The summed E-state index contributed by atoms with van der Waals surface area (Å²) in [4.78, 5) is 28.1. The monoisotopic (exact) mass is 411 g/mol. The maximum Gasteiger partial charge on any atom is 0.414 e. The van der Waals surface area contributed by atoms with Gasteiger partial charge in [0.05, 0.1) is 6.54 Å². The number of fused-ring (bicyclic) bond motifs is 1. The average molecular weight is 411 g/mol. The Bertz CT molecular complexity index is 858. The van der Waals surface area contributed by atoms with Crippen LogP contribution in [0.3, 0.4) is 0 Å². The van der Waals surface area contributed by atoms with Crippen LogP contribution in [0.2, 0.25) is 0 Å². The highest BCUT2D eigenvalue weighted by molar-refractivity contribution is 5.78. The summed E-state index contributed by atoms with van der Waals surface area (Å²) in [5.41, 5.74) is 0.742. The van der Waals surface area contributed by atoms with Crippen molar-refractivity contribution >= 4 is 11.7 Å². The van der Waals surface area contributed by atoms with E-state index in [9.17, 15) is 23.7 Å². The number of nitro groups is 1. The van der Waals surface area contributed by atoms with Crippen LogP contribution in [0.1, 0.15) is 5.56 Å². The summed E-state index contributed by atoms with van der Waals surface area (Å²) in [5, 5.41) is 13.6. The molecule has 0 aliphatic carbocycles. The number of hydrogen-bond acceptors (Lipinski definition) is 7. The number of amides is 1. The first kappa shape index (κ1) is 20.5. The van der Waals surface area contributed by atoms with E-state index in [1.165, 1.54) is 18.3 Å². The van der Waals surface area contributed by atoms with E-state index in [-0.39, 0.29) is 43.2 Å². The lowest BCUT2D eigenvalue weighted by atomic mass is 10.2. The van der Waals surface area contributed by atoms with Crippen LogP contribution in [-0.4, -0.2) is 58.1 Å². The molecular formula is C17H19F2N5O5. The molecule has 29 heavy (non-hydrogen) atoms. The van der Waals surface area contributed by atoms with E-state index < -0.39 is 11.5 Å². The summed E-state index contributed by atoms with van der Waals surface area (Å²) in [7, 11) is 0. The molecule has 1 aliphatic heterocycles. The van der Waals surface area contributed by atoms with Crippen LogP contribution in [0.4, 0.5) is 14.6 Å². The zero-order valence-corrected chi connectivity index (χ0v) is 15.3. The van der Waals surface area contributed by atoms with Crippen molar-refractivity contribution < 1.29 is 28.0 Å². The molecule has 1 amide bonds. The van der Waals surface area contributed by atoms with Crippen LogP contribution < -0.4 is 14.8 Å². The zero-order valence-electron chi connectivity index (χ0n) is 15.3. The number of imidazole rings is 1. The van der Waals surface area contributed by atoms with Gasteiger partial charge in [-0.15, -0.1) is 0 Å². The van der Waals surface area contributed by atoms with Gasteiger partial charge in [-0.1, -0.05) is 12.1 Å². The Morgan fingerprint density at radius 1 is 1.31 bits per heavy atom. The van der Waals surface area contributed by atoms with E-state index in [4.69, 9.17) is 4.74 Å². The van der Waals surface area contributed by atoms with Crippen molar-refractivity contribution in [1.82, 2.24) is 19.8 Å². The molecule has 1 aliphatic rings. The van der Waals surface area contributed by atoms with Crippen molar-refractivity contribution in [3.8, 4) is 11.8 Å². The quantitative estimate of drug-likeness (QED) is 0.541. The molecule has 156 valence electrons.